The number of nitrogens with zero attached hydrogens (tertiary/aromatic N) is 1. The minimum absolute atomic E-state index is 0.0311. The highest BCUT2D eigenvalue weighted by Crippen LogP contribution is 2.27. The van der Waals surface area contributed by atoms with Crippen LogP contribution >= 0.6 is 0 Å². The molecule has 0 fully saturated rings. The highest BCUT2D eigenvalue weighted by molar-refractivity contribution is 6.02. The van der Waals surface area contributed by atoms with Gasteiger partial charge in [-0.3, -0.25) is 9.59 Å². The Kier molecular flexibility index (Phi) is 7.59. The summed E-state index contributed by atoms with van der Waals surface area (Å²) in [6.45, 7) is 2.52. The third-order valence-corrected chi connectivity index (χ3v) is 4.56. The van der Waals surface area contributed by atoms with Gasteiger partial charge < -0.3 is 14.8 Å². The number of anilines is 1. The van der Waals surface area contributed by atoms with E-state index in [0.717, 1.165) is 22.1 Å². The summed E-state index contributed by atoms with van der Waals surface area (Å²) in [5.74, 6) is 0.927. The van der Waals surface area contributed by atoms with Crippen molar-refractivity contribution in [3.05, 3.63) is 66.2 Å². The van der Waals surface area contributed by atoms with Crippen LogP contribution in [-0.4, -0.2) is 31.7 Å². The summed E-state index contributed by atoms with van der Waals surface area (Å²) < 4.78 is 10.7. The molecule has 0 atom stereocenters. The van der Waals surface area contributed by atoms with Gasteiger partial charge in [0.2, 0.25) is 11.8 Å². The Morgan fingerprint density at radius 3 is 2.35 bits per heavy atom. The number of ether oxygens (including phenoxy) is 2. The molecule has 0 aromatic heterocycles. The number of carbonyl (C=O) groups is 2. The topological polar surface area (TPSA) is 89.0 Å². The summed E-state index contributed by atoms with van der Waals surface area (Å²) in [5, 5.41) is 8.74. The van der Waals surface area contributed by atoms with Gasteiger partial charge in [0.25, 0.3) is 0 Å². The van der Waals surface area contributed by atoms with Crippen molar-refractivity contribution in [2.75, 3.05) is 19.0 Å². The SMILES string of the molecule is CCOc1ccc(C=NNC(=O)CCC(=O)Nc2ccc(OC)cc2)c2ccccc12. The molecular formula is C24H25N3O4. The predicted molar refractivity (Wildman–Crippen MR) is 122 cm³/mol. The number of hydrogen-bond donors (Lipinski definition) is 2. The van der Waals surface area contributed by atoms with Crippen molar-refractivity contribution in [1.82, 2.24) is 5.43 Å². The van der Waals surface area contributed by atoms with Crippen molar-refractivity contribution in [2.45, 2.75) is 19.8 Å². The van der Waals surface area contributed by atoms with Gasteiger partial charge in [0.05, 0.1) is 19.9 Å². The molecule has 0 unspecified atom stereocenters. The molecule has 0 saturated heterocycles. The summed E-state index contributed by atoms with van der Waals surface area (Å²) in [6, 6.07) is 18.6. The fourth-order valence-corrected chi connectivity index (χ4v) is 3.04. The standard InChI is InChI=1S/C24H25N3O4/c1-3-31-22-13-8-17(20-6-4-5-7-21(20)22)16-25-27-24(29)15-14-23(28)26-18-9-11-19(30-2)12-10-18/h4-13,16H,3,14-15H2,1-2H3,(H,26,28)(H,27,29). The molecule has 3 rings (SSSR count). The number of methoxy groups -OCH3 is 1. The Morgan fingerprint density at radius 1 is 0.935 bits per heavy atom. The number of rotatable bonds is 9. The summed E-state index contributed by atoms with van der Waals surface area (Å²) >= 11 is 0. The second-order valence-electron chi connectivity index (χ2n) is 6.70. The van der Waals surface area contributed by atoms with Gasteiger partial charge in [-0.1, -0.05) is 24.3 Å². The van der Waals surface area contributed by atoms with Crippen LogP contribution in [0.15, 0.2) is 65.8 Å². The zero-order valence-electron chi connectivity index (χ0n) is 17.6. The number of hydrazone groups is 1. The first-order valence-corrected chi connectivity index (χ1v) is 10.0. The lowest BCUT2D eigenvalue weighted by atomic mass is 10.0. The molecule has 0 aliphatic rings. The van der Waals surface area contributed by atoms with Gasteiger partial charge in [0.1, 0.15) is 11.5 Å². The quantitative estimate of drug-likeness (QED) is 0.403. The Bertz CT molecular complexity index is 1080. The van der Waals surface area contributed by atoms with E-state index in [4.69, 9.17) is 9.47 Å². The zero-order chi connectivity index (χ0) is 22.1. The third kappa shape index (κ3) is 6.05. The molecule has 7 heteroatoms. The second-order valence-corrected chi connectivity index (χ2v) is 6.70. The van der Waals surface area contributed by atoms with Gasteiger partial charge in [0, 0.05) is 29.5 Å². The highest BCUT2D eigenvalue weighted by Gasteiger charge is 2.08. The van der Waals surface area contributed by atoms with Crippen LogP contribution in [0.4, 0.5) is 5.69 Å². The number of carbonyl (C=O) groups excluding carboxylic acids is 2. The molecule has 0 bridgehead atoms. The van der Waals surface area contributed by atoms with Crippen molar-refractivity contribution in [2.24, 2.45) is 5.10 Å². The van der Waals surface area contributed by atoms with E-state index in [1.807, 2.05) is 43.3 Å². The van der Waals surface area contributed by atoms with Gasteiger partial charge in [-0.2, -0.15) is 5.10 Å². The highest BCUT2D eigenvalue weighted by atomic mass is 16.5. The van der Waals surface area contributed by atoms with E-state index in [0.29, 0.717) is 18.0 Å². The third-order valence-electron chi connectivity index (χ3n) is 4.56. The van der Waals surface area contributed by atoms with Crippen LogP contribution < -0.4 is 20.2 Å². The number of amides is 2. The maximum absolute atomic E-state index is 12.0. The average molecular weight is 419 g/mol. The Hall–Kier alpha value is -3.87. The number of benzene rings is 3. The van der Waals surface area contributed by atoms with Gasteiger partial charge >= 0.3 is 0 Å². The monoisotopic (exact) mass is 419 g/mol. The maximum Gasteiger partial charge on any atom is 0.240 e. The van der Waals surface area contributed by atoms with Gasteiger partial charge in [-0.25, -0.2) is 5.43 Å². The summed E-state index contributed by atoms with van der Waals surface area (Å²) in [6.07, 6.45) is 1.68. The molecule has 0 aliphatic carbocycles. The van der Waals surface area contributed by atoms with E-state index in [2.05, 4.69) is 15.8 Å². The van der Waals surface area contributed by atoms with Crippen LogP contribution in [0.1, 0.15) is 25.3 Å². The molecule has 0 aliphatic heterocycles. The van der Waals surface area contributed by atoms with Crippen molar-refractivity contribution in [1.29, 1.82) is 0 Å². The molecule has 3 aromatic carbocycles. The van der Waals surface area contributed by atoms with Crippen molar-refractivity contribution in [3.63, 3.8) is 0 Å². The predicted octanol–water partition coefficient (Wildman–Crippen LogP) is 4.12. The fourth-order valence-electron chi connectivity index (χ4n) is 3.04. The summed E-state index contributed by atoms with van der Waals surface area (Å²) in [7, 11) is 1.58. The maximum atomic E-state index is 12.0. The minimum atomic E-state index is -0.337. The van der Waals surface area contributed by atoms with E-state index >= 15 is 0 Å². The molecule has 3 aromatic rings. The van der Waals surface area contributed by atoms with E-state index in [-0.39, 0.29) is 24.7 Å². The number of fused-ring (bicyclic) bond motifs is 1. The van der Waals surface area contributed by atoms with Gasteiger partial charge in [0.15, 0.2) is 0 Å². The molecule has 0 radical (unpaired) electrons. The molecule has 0 saturated carbocycles. The molecule has 2 N–H and O–H groups in total. The van der Waals surface area contributed by atoms with E-state index in [9.17, 15) is 9.59 Å². The molecule has 2 amide bonds. The van der Waals surface area contributed by atoms with Crippen LogP contribution in [0.25, 0.3) is 10.8 Å². The van der Waals surface area contributed by atoms with Crippen LogP contribution in [0.2, 0.25) is 0 Å². The van der Waals surface area contributed by atoms with Crippen LogP contribution in [0, 0.1) is 0 Å². The lowest BCUT2D eigenvalue weighted by Crippen LogP contribution is -2.20. The van der Waals surface area contributed by atoms with Crippen LogP contribution in [0.3, 0.4) is 0 Å². The first kappa shape index (κ1) is 21.8. The van der Waals surface area contributed by atoms with Crippen molar-refractivity contribution >= 4 is 34.5 Å². The molecule has 0 heterocycles. The molecule has 7 nitrogen and oxygen atoms in total. The number of nitrogens with one attached hydrogen (secondary N) is 2. The largest absolute Gasteiger partial charge is 0.497 e. The van der Waals surface area contributed by atoms with Gasteiger partial charge in [-0.15, -0.1) is 0 Å². The Labute approximate surface area is 181 Å². The molecular weight excluding hydrogens is 394 g/mol. The number of hydrogen-bond acceptors (Lipinski definition) is 5. The first-order valence-electron chi connectivity index (χ1n) is 10.0. The van der Waals surface area contributed by atoms with E-state index < -0.39 is 0 Å². The zero-order valence-corrected chi connectivity index (χ0v) is 17.6. The van der Waals surface area contributed by atoms with Gasteiger partial charge in [-0.05, 0) is 48.7 Å². The molecule has 160 valence electrons. The minimum Gasteiger partial charge on any atom is -0.497 e. The van der Waals surface area contributed by atoms with E-state index in [1.54, 1.807) is 37.6 Å². The summed E-state index contributed by atoms with van der Waals surface area (Å²) in [4.78, 5) is 24.1. The van der Waals surface area contributed by atoms with Crippen LogP contribution in [-0.2, 0) is 9.59 Å². The normalized spacial score (nSPS) is 10.8. The van der Waals surface area contributed by atoms with E-state index in [1.165, 1.54) is 0 Å². The first-order chi connectivity index (χ1) is 15.1. The summed E-state index contributed by atoms with van der Waals surface area (Å²) in [5.41, 5.74) is 3.98. The Balaban J connectivity index is 1.52. The lowest BCUT2D eigenvalue weighted by molar-refractivity contribution is -0.124. The van der Waals surface area contributed by atoms with Crippen LogP contribution in [0.5, 0.6) is 11.5 Å². The lowest BCUT2D eigenvalue weighted by Gasteiger charge is -2.09. The smallest absolute Gasteiger partial charge is 0.240 e. The average Bonchev–Trinajstić information content (AvgIpc) is 2.79. The molecule has 31 heavy (non-hydrogen) atoms. The Morgan fingerprint density at radius 2 is 1.65 bits per heavy atom. The fraction of sp³-hybridized carbons (Fsp3) is 0.208. The molecule has 0 spiro atoms. The van der Waals surface area contributed by atoms with Crippen molar-refractivity contribution < 1.29 is 19.1 Å². The second kappa shape index (κ2) is 10.8. The van der Waals surface area contributed by atoms with Crippen molar-refractivity contribution in [3.8, 4) is 11.5 Å².